The lowest BCUT2D eigenvalue weighted by atomic mass is 10.0. The van der Waals surface area contributed by atoms with Crippen molar-refractivity contribution < 1.29 is 9.59 Å². The van der Waals surface area contributed by atoms with Crippen LogP contribution in [0, 0.1) is 0 Å². The maximum Gasteiger partial charge on any atom is 0.248 e. The number of hydrogen-bond donors (Lipinski definition) is 2. The molecule has 4 nitrogen and oxygen atoms in total. The van der Waals surface area contributed by atoms with Gasteiger partial charge in [-0.2, -0.15) is 0 Å². The summed E-state index contributed by atoms with van der Waals surface area (Å²) in [6.07, 6.45) is 6.60. The number of rotatable bonds is 6. The van der Waals surface area contributed by atoms with E-state index in [1.807, 2.05) is 97.1 Å². The Morgan fingerprint density at radius 3 is 1.33 bits per heavy atom. The van der Waals surface area contributed by atoms with Crippen molar-refractivity contribution in [1.29, 1.82) is 0 Å². The molecule has 5 aromatic carbocycles. The van der Waals surface area contributed by atoms with E-state index in [1.165, 1.54) is 12.2 Å². The first-order chi connectivity index (χ1) is 17.7. The monoisotopic (exact) mass is 468 g/mol. The first-order valence-electron chi connectivity index (χ1n) is 11.7. The normalized spacial score (nSPS) is 11.3. The van der Waals surface area contributed by atoms with Gasteiger partial charge in [-0.25, -0.2) is 0 Å². The molecule has 0 radical (unpaired) electrons. The quantitative estimate of drug-likeness (QED) is 0.257. The zero-order chi connectivity index (χ0) is 24.7. The van der Waals surface area contributed by atoms with Gasteiger partial charge in [0.15, 0.2) is 0 Å². The van der Waals surface area contributed by atoms with Crippen LogP contribution in [-0.4, -0.2) is 11.8 Å². The van der Waals surface area contributed by atoms with Gasteiger partial charge in [0, 0.05) is 12.2 Å². The third-order valence-electron chi connectivity index (χ3n) is 5.92. The Balaban J connectivity index is 1.28. The van der Waals surface area contributed by atoms with Crippen molar-refractivity contribution in [2.75, 3.05) is 10.6 Å². The molecule has 0 unspecified atom stereocenters. The molecule has 2 amide bonds. The van der Waals surface area contributed by atoms with Crippen LogP contribution in [-0.2, 0) is 9.59 Å². The second-order valence-corrected chi connectivity index (χ2v) is 8.33. The van der Waals surface area contributed by atoms with Crippen LogP contribution in [0.2, 0.25) is 0 Å². The fourth-order valence-corrected chi connectivity index (χ4v) is 4.17. The van der Waals surface area contributed by atoms with Crippen LogP contribution in [0.1, 0.15) is 11.1 Å². The van der Waals surface area contributed by atoms with E-state index in [1.54, 1.807) is 24.3 Å². The molecule has 0 aliphatic heterocycles. The largest absolute Gasteiger partial charge is 0.321 e. The highest BCUT2D eigenvalue weighted by atomic mass is 16.2. The van der Waals surface area contributed by atoms with Crippen molar-refractivity contribution >= 4 is 56.9 Å². The van der Waals surface area contributed by atoms with Crippen LogP contribution in [0.5, 0.6) is 0 Å². The maximum absolute atomic E-state index is 12.7. The molecule has 0 aliphatic rings. The van der Waals surface area contributed by atoms with Gasteiger partial charge >= 0.3 is 0 Å². The molecule has 2 N–H and O–H groups in total. The molecule has 0 fully saturated rings. The first kappa shape index (κ1) is 22.8. The highest BCUT2D eigenvalue weighted by Gasteiger charge is 2.07. The van der Waals surface area contributed by atoms with Crippen molar-refractivity contribution in [1.82, 2.24) is 0 Å². The molecule has 0 saturated heterocycles. The van der Waals surface area contributed by atoms with Crippen molar-refractivity contribution in [3.8, 4) is 0 Å². The van der Waals surface area contributed by atoms with E-state index in [9.17, 15) is 9.59 Å². The van der Waals surface area contributed by atoms with Crippen molar-refractivity contribution in [2.45, 2.75) is 0 Å². The molecule has 36 heavy (non-hydrogen) atoms. The highest BCUT2D eigenvalue weighted by molar-refractivity contribution is 6.09. The zero-order valence-electron chi connectivity index (χ0n) is 19.5. The van der Waals surface area contributed by atoms with E-state index in [0.717, 1.165) is 32.7 Å². The van der Waals surface area contributed by atoms with Gasteiger partial charge in [0.2, 0.25) is 11.8 Å². The smallest absolute Gasteiger partial charge is 0.248 e. The Bertz CT molecular complexity index is 1500. The maximum atomic E-state index is 12.7. The van der Waals surface area contributed by atoms with Crippen LogP contribution < -0.4 is 10.6 Å². The summed E-state index contributed by atoms with van der Waals surface area (Å²) in [5.41, 5.74) is 2.97. The minimum atomic E-state index is -0.282. The zero-order valence-corrected chi connectivity index (χ0v) is 19.5. The Morgan fingerprint density at radius 1 is 0.472 bits per heavy atom. The summed E-state index contributed by atoms with van der Waals surface area (Å²) in [7, 11) is 0. The minimum Gasteiger partial charge on any atom is -0.321 e. The Labute approximate surface area is 209 Å². The van der Waals surface area contributed by atoms with Gasteiger partial charge in [-0.1, -0.05) is 97.1 Å². The third-order valence-corrected chi connectivity index (χ3v) is 5.92. The van der Waals surface area contributed by atoms with Crippen LogP contribution >= 0.6 is 0 Å². The van der Waals surface area contributed by atoms with Crippen LogP contribution in [0.3, 0.4) is 0 Å². The van der Waals surface area contributed by atoms with Gasteiger partial charge in [-0.05, 0) is 57.0 Å². The predicted molar refractivity (Wildman–Crippen MR) is 150 cm³/mol. The Kier molecular flexibility index (Phi) is 6.68. The molecule has 0 aliphatic carbocycles. The van der Waals surface area contributed by atoms with Crippen LogP contribution in [0.4, 0.5) is 11.4 Å². The Hall–Kier alpha value is -4.96. The van der Waals surface area contributed by atoms with Gasteiger partial charge in [0.05, 0.1) is 11.4 Å². The Morgan fingerprint density at radius 2 is 0.861 bits per heavy atom. The molecule has 0 saturated carbocycles. The van der Waals surface area contributed by atoms with Crippen molar-refractivity contribution in [3.05, 3.63) is 132 Å². The number of benzene rings is 5. The van der Waals surface area contributed by atoms with Crippen LogP contribution in [0.15, 0.2) is 121 Å². The van der Waals surface area contributed by atoms with Gasteiger partial charge in [0.1, 0.15) is 0 Å². The summed E-state index contributed by atoms with van der Waals surface area (Å²) in [6, 6.07) is 35.2. The first-order valence-corrected chi connectivity index (χ1v) is 11.7. The minimum absolute atomic E-state index is 0.282. The molecule has 5 rings (SSSR count). The number of anilines is 2. The van der Waals surface area contributed by atoms with E-state index >= 15 is 0 Å². The lowest BCUT2D eigenvalue weighted by Crippen LogP contribution is -2.13. The number of amides is 2. The summed E-state index contributed by atoms with van der Waals surface area (Å²) < 4.78 is 0. The fraction of sp³-hybridized carbons (Fsp3) is 0. The number of para-hydroxylation sites is 2. The molecule has 0 heterocycles. The molecule has 0 atom stereocenters. The van der Waals surface area contributed by atoms with E-state index in [4.69, 9.17) is 0 Å². The topological polar surface area (TPSA) is 58.2 Å². The third kappa shape index (κ3) is 5.24. The molecular weight excluding hydrogens is 444 g/mol. The lowest BCUT2D eigenvalue weighted by Gasteiger charge is -2.10. The average molecular weight is 469 g/mol. The SMILES string of the molecule is O=C(C=Cc1cccc2ccccc12)Nc1ccccc1NC(=O)C=Cc1cccc2ccccc12. The molecule has 5 aromatic rings. The number of carbonyl (C=O) groups excluding carboxylic acids is 2. The highest BCUT2D eigenvalue weighted by Crippen LogP contribution is 2.23. The van der Waals surface area contributed by atoms with Crippen molar-refractivity contribution in [2.24, 2.45) is 0 Å². The summed E-state index contributed by atoms with van der Waals surface area (Å²) >= 11 is 0. The summed E-state index contributed by atoms with van der Waals surface area (Å²) in [4.78, 5) is 25.3. The van der Waals surface area contributed by atoms with Crippen LogP contribution in [0.25, 0.3) is 33.7 Å². The van der Waals surface area contributed by atoms with E-state index in [-0.39, 0.29) is 11.8 Å². The lowest BCUT2D eigenvalue weighted by molar-refractivity contribution is -0.112. The van der Waals surface area contributed by atoms with Gasteiger partial charge in [0.25, 0.3) is 0 Å². The van der Waals surface area contributed by atoms with Gasteiger partial charge in [-0.3, -0.25) is 9.59 Å². The second kappa shape index (κ2) is 10.5. The summed E-state index contributed by atoms with van der Waals surface area (Å²) in [5.74, 6) is -0.563. The fourth-order valence-electron chi connectivity index (χ4n) is 4.17. The van der Waals surface area contributed by atoms with Crippen molar-refractivity contribution in [3.63, 3.8) is 0 Å². The van der Waals surface area contributed by atoms with Gasteiger partial charge in [-0.15, -0.1) is 0 Å². The summed E-state index contributed by atoms with van der Waals surface area (Å²) in [6.45, 7) is 0. The van der Waals surface area contributed by atoms with E-state index < -0.39 is 0 Å². The van der Waals surface area contributed by atoms with E-state index in [0.29, 0.717) is 11.4 Å². The standard InChI is InChI=1S/C32H24N2O2/c35-31(21-19-25-13-7-11-23-9-1-3-15-27(23)25)33-29-17-5-6-18-30(29)34-32(36)22-20-26-14-8-12-24-10-2-4-16-28(24)26/h1-22H,(H,33,35)(H,34,36). The molecule has 0 aromatic heterocycles. The molecular formula is C32H24N2O2. The number of carbonyl (C=O) groups is 2. The average Bonchev–Trinajstić information content (AvgIpc) is 2.92. The number of fused-ring (bicyclic) bond motifs is 2. The van der Waals surface area contributed by atoms with E-state index in [2.05, 4.69) is 10.6 Å². The number of hydrogen-bond acceptors (Lipinski definition) is 2. The van der Waals surface area contributed by atoms with Gasteiger partial charge < -0.3 is 10.6 Å². The molecule has 0 spiro atoms. The summed E-state index contributed by atoms with van der Waals surface area (Å²) in [5, 5.41) is 10.1. The molecule has 174 valence electrons. The molecule has 4 heteroatoms. The molecule has 0 bridgehead atoms. The number of nitrogens with one attached hydrogen (secondary N) is 2. The predicted octanol–water partition coefficient (Wildman–Crippen LogP) is 7.30. The second-order valence-electron chi connectivity index (χ2n) is 8.33.